The summed E-state index contributed by atoms with van der Waals surface area (Å²) >= 11 is 0. The number of rotatable bonds is 5. The maximum Gasteiger partial charge on any atom is 0.117 e. The molecule has 6 aliphatic rings. The lowest BCUT2D eigenvalue weighted by molar-refractivity contribution is -0.346. The van der Waals surface area contributed by atoms with Crippen molar-refractivity contribution < 1.29 is 39.7 Å². The largest absolute Gasteiger partial charge is 0.392 e. The van der Waals surface area contributed by atoms with Gasteiger partial charge in [0.15, 0.2) is 0 Å². The van der Waals surface area contributed by atoms with Crippen molar-refractivity contribution in [1.82, 2.24) is 4.90 Å². The Morgan fingerprint density at radius 1 is 0.909 bits per heavy atom. The van der Waals surface area contributed by atoms with Crippen molar-refractivity contribution in [2.75, 3.05) is 41.0 Å². The molecule has 7 bridgehead atoms. The summed E-state index contributed by atoms with van der Waals surface area (Å²) in [6.07, 6.45) is -2.15. The Morgan fingerprint density at radius 2 is 1.61 bits per heavy atom. The molecule has 5 saturated carbocycles. The first-order valence-corrected chi connectivity index (χ1v) is 12.4. The summed E-state index contributed by atoms with van der Waals surface area (Å²) in [5.74, 6) is -1.37. The molecule has 1 spiro atoms. The number of likely N-dealkylation sites (tertiary alicyclic amines) is 1. The minimum absolute atomic E-state index is 0.183. The zero-order chi connectivity index (χ0) is 23.8. The van der Waals surface area contributed by atoms with Crippen LogP contribution in [0.25, 0.3) is 0 Å². The van der Waals surface area contributed by atoms with E-state index in [0.29, 0.717) is 25.9 Å². The van der Waals surface area contributed by atoms with Gasteiger partial charge in [0.25, 0.3) is 0 Å². The van der Waals surface area contributed by atoms with E-state index in [1.807, 2.05) is 0 Å². The molecule has 0 amide bonds. The van der Waals surface area contributed by atoms with Crippen LogP contribution in [-0.2, 0) is 14.2 Å². The molecule has 13 atom stereocenters. The van der Waals surface area contributed by atoms with Crippen LogP contribution in [0.3, 0.4) is 0 Å². The molecule has 0 unspecified atom stereocenters. The van der Waals surface area contributed by atoms with Crippen molar-refractivity contribution in [1.29, 1.82) is 0 Å². The highest BCUT2D eigenvalue weighted by Crippen LogP contribution is 2.80. The molecule has 1 heterocycles. The van der Waals surface area contributed by atoms with Gasteiger partial charge in [-0.2, -0.15) is 0 Å². The van der Waals surface area contributed by atoms with Gasteiger partial charge in [-0.15, -0.1) is 0 Å². The van der Waals surface area contributed by atoms with Crippen LogP contribution in [0.5, 0.6) is 0 Å². The average molecular weight is 470 g/mol. The molecular formula is C24H39NO8. The number of aliphatic hydroxyl groups excluding tert-OH is 2. The van der Waals surface area contributed by atoms with Crippen molar-refractivity contribution >= 4 is 0 Å². The summed E-state index contributed by atoms with van der Waals surface area (Å²) < 4.78 is 17.4. The van der Waals surface area contributed by atoms with Crippen LogP contribution in [0.1, 0.15) is 32.6 Å². The Kier molecular flexibility index (Phi) is 4.67. The van der Waals surface area contributed by atoms with Gasteiger partial charge in [0.2, 0.25) is 0 Å². The predicted octanol–water partition coefficient (Wildman–Crippen LogP) is -1.27. The van der Waals surface area contributed by atoms with Crippen molar-refractivity contribution in [2.24, 2.45) is 28.6 Å². The quantitative estimate of drug-likeness (QED) is 0.334. The van der Waals surface area contributed by atoms with Crippen LogP contribution in [-0.4, -0.2) is 119 Å². The number of aliphatic hydroxyl groups is 5. The van der Waals surface area contributed by atoms with Gasteiger partial charge in [-0.25, -0.2) is 0 Å². The first-order chi connectivity index (χ1) is 15.6. The third-order valence-corrected chi connectivity index (χ3v) is 11.5. The number of fused-ring (bicyclic) bond motifs is 2. The summed E-state index contributed by atoms with van der Waals surface area (Å²) in [6.45, 7) is 3.39. The van der Waals surface area contributed by atoms with Gasteiger partial charge in [0.05, 0.1) is 47.6 Å². The first kappa shape index (κ1) is 23.1. The molecule has 0 aromatic heterocycles. The molecule has 9 heteroatoms. The fourth-order valence-electron chi connectivity index (χ4n) is 10.6. The second kappa shape index (κ2) is 6.69. The second-order valence-corrected chi connectivity index (χ2v) is 11.9. The normalized spacial score (nSPS) is 63.2. The van der Waals surface area contributed by atoms with Crippen LogP contribution in [0.4, 0.5) is 0 Å². The molecular weight excluding hydrogens is 430 g/mol. The molecule has 33 heavy (non-hydrogen) atoms. The zero-order valence-corrected chi connectivity index (χ0v) is 20.0. The van der Waals surface area contributed by atoms with E-state index in [1.165, 1.54) is 7.11 Å². The molecule has 0 aromatic carbocycles. The SMILES string of the molecule is CCN1C[C@]2(COC)[C@H](O)C[C@H](OC)[C@@]34[C@@H]5C[C@]6(O)[C@@H](OC)C[C@@](O)([C@H]5[C@H]6O)[C@@H](C[C@]23O)[C@@H]14. The number of hydrogen-bond acceptors (Lipinski definition) is 9. The lowest BCUT2D eigenvalue weighted by Crippen LogP contribution is -2.84. The number of ether oxygens (including phenoxy) is 3. The highest BCUT2D eigenvalue weighted by atomic mass is 16.5. The number of nitrogens with zero attached hydrogens (tertiary/aromatic N) is 1. The van der Waals surface area contributed by atoms with Gasteiger partial charge in [0.1, 0.15) is 5.60 Å². The zero-order valence-electron chi connectivity index (χ0n) is 20.0. The molecule has 6 rings (SSSR count). The van der Waals surface area contributed by atoms with Crippen LogP contribution in [0.15, 0.2) is 0 Å². The molecule has 6 fully saturated rings. The smallest absolute Gasteiger partial charge is 0.117 e. The maximum atomic E-state index is 12.9. The van der Waals surface area contributed by atoms with Crippen molar-refractivity contribution in [2.45, 2.75) is 79.9 Å². The second-order valence-electron chi connectivity index (χ2n) is 11.9. The van der Waals surface area contributed by atoms with Crippen molar-refractivity contribution in [3.63, 3.8) is 0 Å². The van der Waals surface area contributed by atoms with Crippen molar-refractivity contribution in [3.05, 3.63) is 0 Å². The van der Waals surface area contributed by atoms with E-state index in [2.05, 4.69) is 11.8 Å². The van der Waals surface area contributed by atoms with Gasteiger partial charge >= 0.3 is 0 Å². The minimum atomic E-state index is -1.50. The van der Waals surface area contributed by atoms with E-state index in [0.717, 1.165) is 0 Å². The number of methoxy groups -OCH3 is 3. The standard InChI is InChI=1S/C24H39NO8/c1-5-25-10-20(11-31-2)14(26)6-15(32-3)24-12-7-22(29)16(33-4)9-21(28,17(12)19(22)27)13(18(24)25)8-23(20,24)30/h12-19,26-30H,5-11H2,1-4H3/t12-,13+,14-,15+,16+,17-,18-,19-,20+,21+,22+,23+,24-/m1/s1. The van der Waals surface area contributed by atoms with E-state index in [9.17, 15) is 25.5 Å². The fourth-order valence-corrected chi connectivity index (χ4v) is 10.6. The van der Waals surface area contributed by atoms with Gasteiger partial charge < -0.3 is 39.7 Å². The summed E-state index contributed by atoms with van der Waals surface area (Å²) in [5, 5.41) is 59.9. The van der Waals surface area contributed by atoms with Gasteiger partial charge in [-0.3, -0.25) is 4.90 Å². The van der Waals surface area contributed by atoms with Crippen LogP contribution in [0.2, 0.25) is 0 Å². The Labute approximate surface area is 194 Å². The van der Waals surface area contributed by atoms with Crippen LogP contribution in [0, 0.1) is 28.6 Å². The predicted molar refractivity (Wildman–Crippen MR) is 115 cm³/mol. The van der Waals surface area contributed by atoms with E-state index in [4.69, 9.17) is 14.2 Å². The summed E-state index contributed by atoms with van der Waals surface area (Å²) in [7, 11) is 4.72. The molecule has 1 saturated heterocycles. The Balaban J connectivity index is 1.65. The van der Waals surface area contributed by atoms with E-state index >= 15 is 0 Å². The highest BCUT2D eigenvalue weighted by molar-refractivity contribution is 5.40. The fraction of sp³-hybridized carbons (Fsp3) is 1.00. The third-order valence-electron chi connectivity index (χ3n) is 11.5. The Bertz CT molecular complexity index is 845. The topological polar surface area (TPSA) is 132 Å². The van der Waals surface area contributed by atoms with E-state index < -0.39 is 63.9 Å². The molecule has 0 aromatic rings. The van der Waals surface area contributed by atoms with Gasteiger partial charge in [-0.1, -0.05) is 6.92 Å². The third kappa shape index (κ3) is 2.08. The lowest BCUT2D eigenvalue weighted by atomic mass is 9.41. The monoisotopic (exact) mass is 469 g/mol. The maximum absolute atomic E-state index is 12.9. The van der Waals surface area contributed by atoms with Crippen LogP contribution < -0.4 is 0 Å². The van der Waals surface area contributed by atoms with Gasteiger partial charge in [0, 0.05) is 64.0 Å². The van der Waals surface area contributed by atoms with Crippen LogP contribution >= 0.6 is 0 Å². The summed E-state index contributed by atoms with van der Waals surface area (Å²) in [5.41, 5.74) is -6.03. The van der Waals surface area contributed by atoms with Gasteiger partial charge in [-0.05, 0) is 25.3 Å². The molecule has 1 aliphatic heterocycles. The molecule has 188 valence electrons. The summed E-state index contributed by atoms with van der Waals surface area (Å²) in [4.78, 5) is 2.29. The van der Waals surface area contributed by atoms with E-state index in [1.54, 1.807) is 14.2 Å². The molecule has 0 radical (unpaired) electrons. The molecule has 5 aliphatic carbocycles. The van der Waals surface area contributed by atoms with E-state index in [-0.39, 0.29) is 31.4 Å². The summed E-state index contributed by atoms with van der Waals surface area (Å²) in [6, 6.07) is -0.202. The Hall–Kier alpha value is -0.360. The number of piperidine rings is 1. The first-order valence-electron chi connectivity index (χ1n) is 12.4. The minimum Gasteiger partial charge on any atom is -0.392 e. The number of hydrogen-bond donors (Lipinski definition) is 5. The van der Waals surface area contributed by atoms with Crippen molar-refractivity contribution in [3.8, 4) is 0 Å². The average Bonchev–Trinajstić information content (AvgIpc) is 3.12. The Morgan fingerprint density at radius 3 is 2.21 bits per heavy atom. The molecule has 9 nitrogen and oxygen atoms in total. The molecule has 5 N–H and O–H groups in total. The lowest BCUT2D eigenvalue weighted by Gasteiger charge is -2.72. The highest BCUT2D eigenvalue weighted by Gasteiger charge is 2.91.